The fourth-order valence-electron chi connectivity index (χ4n) is 4.08. The summed E-state index contributed by atoms with van der Waals surface area (Å²) < 4.78 is 31.4. The zero-order valence-corrected chi connectivity index (χ0v) is 23.7. The minimum atomic E-state index is -3.56. The molecule has 2 unspecified atom stereocenters. The van der Waals surface area contributed by atoms with Gasteiger partial charge in [0.15, 0.2) is 0 Å². The molecule has 0 heterocycles. The highest BCUT2D eigenvalue weighted by Crippen LogP contribution is 2.23. The average Bonchev–Trinajstić information content (AvgIpc) is 2.86. The summed E-state index contributed by atoms with van der Waals surface area (Å²) in [5.41, 5.74) is 2.52. The fourth-order valence-corrected chi connectivity index (χ4v) is 5.05. The van der Waals surface area contributed by atoms with E-state index in [1.54, 1.807) is 36.3 Å². The van der Waals surface area contributed by atoms with E-state index in [0.717, 1.165) is 23.8 Å². The number of methoxy groups -OCH3 is 1. The monoisotopic (exact) mass is 531 g/mol. The quantitative estimate of drug-likeness (QED) is 0.393. The second-order valence-corrected chi connectivity index (χ2v) is 11.2. The topological polar surface area (TPSA) is 96.0 Å². The first kappa shape index (κ1) is 30.2. The van der Waals surface area contributed by atoms with Gasteiger partial charge in [0, 0.05) is 25.6 Å². The molecule has 1 N–H and O–H groups in total. The maximum absolute atomic E-state index is 13.5. The van der Waals surface area contributed by atoms with E-state index in [1.807, 2.05) is 52.0 Å². The third kappa shape index (κ3) is 8.77. The predicted octanol–water partition coefficient (Wildman–Crippen LogP) is 4.27. The molecule has 2 aromatic carbocycles. The van der Waals surface area contributed by atoms with Crippen molar-refractivity contribution < 1.29 is 22.7 Å². The zero-order chi connectivity index (χ0) is 27.6. The van der Waals surface area contributed by atoms with Crippen LogP contribution >= 0.6 is 0 Å². The van der Waals surface area contributed by atoms with Crippen LogP contribution in [0.1, 0.15) is 57.6 Å². The van der Waals surface area contributed by atoms with Gasteiger partial charge >= 0.3 is 0 Å². The van der Waals surface area contributed by atoms with Gasteiger partial charge in [0.1, 0.15) is 11.8 Å². The first-order valence-corrected chi connectivity index (χ1v) is 14.6. The van der Waals surface area contributed by atoms with E-state index in [2.05, 4.69) is 5.32 Å². The summed E-state index contributed by atoms with van der Waals surface area (Å²) in [5.74, 6) is 0.271. The van der Waals surface area contributed by atoms with Gasteiger partial charge in [-0.15, -0.1) is 0 Å². The van der Waals surface area contributed by atoms with Crippen molar-refractivity contribution in [3.63, 3.8) is 0 Å². The van der Waals surface area contributed by atoms with Gasteiger partial charge in [-0.25, -0.2) is 8.42 Å². The molecular formula is C28H41N3O5S. The van der Waals surface area contributed by atoms with Crippen molar-refractivity contribution in [2.75, 3.05) is 24.2 Å². The van der Waals surface area contributed by atoms with Crippen molar-refractivity contribution in [3.05, 3.63) is 59.7 Å². The van der Waals surface area contributed by atoms with Gasteiger partial charge in [-0.2, -0.15) is 0 Å². The summed E-state index contributed by atoms with van der Waals surface area (Å²) in [6.07, 6.45) is 2.84. The highest BCUT2D eigenvalue weighted by Gasteiger charge is 2.29. The summed E-state index contributed by atoms with van der Waals surface area (Å²) in [5, 5.41) is 3.01. The molecule has 0 aliphatic rings. The van der Waals surface area contributed by atoms with Gasteiger partial charge in [0.2, 0.25) is 21.8 Å². The van der Waals surface area contributed by atoms with Crippen LogP contribution in [0.3, 0.4) is 0 Å². The molecule has 0 fully saturated rings. The number of sulfonamides is 1. The van der Waals surface area contributed by atoms with Crippen LogP contribution in [-0.4, -0.2) is 57.1 Å². The number of benzene rings is 2. The maximum atomic E-state index is 13.5. The van der Waals surface area contributed by atoms with Crippen LogP contribution < -0.4 is 14.4 Å². The largest absolute Gasteiger partial charge is 0.497 e. The van der Waals surface area contributed by atoms with Crippen LogP contribution in [0.15, 0.2) is 48.5 Å². The third-order valence-corrected chi connectivity index (χ3v) is 7.70. The van der Waals surface area contributed by atoms with E-state index in [4.69, 9.17) is 4.74 Å². The zero-order valence-electron chi connectivity index (χ0n) is 22.9. The summed E-state index contributed by atoms with van der Waals surface area (Å²) in [4.78, 5) is 28.3. The Hall–Kier alpha value is -3.07. The van der Waals surface area contributed by atoms with E-state index >= 15 is 0 Å². The van der Waals surface area contributed by atoms with Gasteiger partial charge in [0.05, 0.1) is 19.1 Å². The van der Waals surface area contributed by atoms with Gasteiger partial charge in [0.25, 0.3) is 0 Å². The third-order valence-electron chi connectivity index (χ3n) is 6.50. The lowest BCUT2D eigenvalue weighted by Crippen LogP contribution is -2.50. The van der Waals surface area contributed by atoms with E-state index in [-0.39, 0.29) is 30.8 Å². The van der Waals surface area contributed by atoms with Crippen LogP contribution in [0.5, 0.6) is 5.75 Å². The molecule has 0 saturated carbocycles. The molecule has 2 rings (SSSR count). The molecule has 0 saturated heterocycles. The Morgan fingerprint density at radius 1 is 1.03 bits per heavy atom. The molecule has 0 radical (unpaired) electrons. The lowest BCUT2D eigenvalue weighted by Gasteiger charge is -2.32. The number of carbonyl (C=O) groups excluding carboxylic acids is 2. The summed E-state index contributed by atoms with van der Waals surface area (Å²) in [7, 11) is -2.01. The van der Waals surface area contributed by atoms with Crippen molar-refractivity contribution in [2.24, 2.45) is 0 Å². The molecule has 9 heteroatoms. The molecule has 8 nitrogen and oxygen atoms in total. The number of nitrogens with one attached hydrogen (secondary N) is 1. The van der Waals surface area contributed by atoms with Crippen LogP contribution in [-0.2, 0) is 26.2 Å². The smallest absolute Gasteiger partial charge is 0.243 e. The molecule has 37 heavy (non-hydrogen) atoms. The molecule has 0 aliphatic carbocycles. The van der Waals surface area contributed by atoms with Crippen molar-refractivity contribution >= 4 is 27.5 Å². The molecule has 0 bridgehead atoms. The number of anilines is 1. The van der Waals surface area contributed by atoms with Crippen molar-refractivity contribution in [1.82, 2.24) is 10.2 Å². The Bertz CT molecular complexity index is 1130. The maximum Gasteiger partial charge on any atom is 0.243 e. The SMILES string of the molecule is CCC(C)NC(=O)C(CC)N(Cc1ccccc1C)C(=O)CCCN(c1ccc(OC)cc1)S(C)(=O)=O. The number of ether oxygens (including phenoxy) is 1. The number of hydrogen-bond acceptors (Lipinski definition) is 5. The second-order valence-electron chi connectivity index (χ2n) is 9.33. The predicted molar refractivity (Wildman–Crippen MR) is 148 cm³/mol. The Labute approximate surface area is 222 Å². The number of rotatable bonds is 14. The number of aryl methyl sites for hydroxylation is 1. The molecule has 0 spiro atoms. The molecular weight excluding hydrogens is 490 g/mol. The lowest BCUT2D eigenvalue weighted by atomic mass is 10.0. The fraction of sp³-hybridized carbons (Fsp3) is 0.500. The molecule has 2 aromatic rings. The summed E-state index contributed by atoms with van der Waals surface area (Å²) >= 11 is 0. The van der Waals surface area contributed by atoms with Crippen molar-refractivity contribution in [1.29, 1.82) is 0 Å². The Kier molecular flexibility index (Phi) is 11.4. The lowest BCUT2D eigenvalue weighted by molar-refractivity contribution is -0.141. The first-order chi connectivity index (χ1) is 17.5. The standard InChI is InChI=1S/C28H41N3O5S/c1-7-22(4)29-28(33)26(8-2)30(20-23-13-10-9-12-21(23)3)27(32)14-11-19-31(37(6,34)35)24-15-17-25(36-5)18-16-24/h9-10,12-13,15-18,22,26H,7-8,11,14,19-20H2,1-6H3,(H,29,33). The van der Waals surface area contributed by atoms with E-state index in [1.165, 1.54) is 4.31 Å². The molecule has 2 amide bonds. The number of carbonyl (C=O) groups is 2. The van der Waals surface area contributed by atoms with E-state index in [0.29, 0.717) is 30.8 Å². The Morgan fingerprint density at radius 3 is 2.22 bits per heavy atom. The van der Waals surface area contributed by atoms with Gasteiger partial charge in [-0.05, 0) is 68.5 Å². The number of hydrogen-bond donors (Lipinski definition) is 1. The van der Waals surface area contributed by atoms with Gasteiger partial charge in [-0.1, -0.05) is 38.1 Å². The Balaban J connectivity index is 2.23. The van der Waals surface area contributed by atoms with Crippen LogP contribution in [0, 0.1) is 6.92 Å². The summed E-state index contributed by atoms with van der Waals surface area (Å²) in [6.45, 7) is 8.28. The van der Waals surface area contributed by atoms with Crippen LogP contribution in [0.25, 0.3) is 0 Å². The van der Waals surface area contributed by atoms with Gasteiger partial charge < -0.3 is 15.0 Å². The van der Waals surface area contributed by atoms with E-state index < -0.39 is 16.1 Å². The minimum Gasteiger partial charge on any atom is -0.497 e. The van der Waals surface area contributed by atoms with Crippen LogP contribution in [0.2, 0.25) is 0 Å². The number of amides is 2. The first-order valence-electron chi connectivity index (χ1n) is 12.8. The summed E-state index contributed by atoms with van der Waals surface area (Å²) in [6, 6.07) is 14.0. The molecule has 204 valence electrons. The molecule has 0 aliphatic heterocycles. The highest BCUT2D eigenvalue weighted by atomic mass is 32.2. The molecule has 2 atom stereocenters. The normalized spacial score (nSPS) is 12.9. The molecule has 0 aromatic heterocycles. The van der Waals surface area contributed by atoms with Crippen LogP contribution in [0.4, 0.5) is 5.69 Å². The van der Waals surface area contributed by atoms with Crippen molar-refractivity contribution in [3.8, 4) is 5.75 Å². The number of nitrogens with zero attached hydrogens (tertiary/aromatic N) is 2. The Morgan fingerprint density at radius 2 is 1.68 bits per heavy atom. The average molecular weight is 532 g/mol. The highest BCUT2D eigenvalue weighted by molar-refractivity contribution is 7.92. The second kappa shape index (κ2) is 14.0. The minimum absolute atomic E-state index is 0.00443. The van der Waals surface area contributed by atoms with Crippen molar-refractivity contribution in [2.45, 2.75) is 72.0 Å². The van der Waals surface area contributed by atoms with E-state index in [9.17, 15) is 18.0 Å². The van der Waals surface area contributed by atoms with Gasteiger partial charge in [-0.3, -0.25) is 13.9 Å².